The van der Waals surface area contributed by atoms with E-state index in [1.165, 1.54) is 5.56 Å². The number of halogens is 1. The van der Waals surface area contributed by atoms with Crippen LogP contribution < -0.4 is 0 Å². The molecule has 0 spiro atoms. The van der Waals surface area contributed by atoms with Crippen molar-refractivity contribution in [3.05, 3.63) is 41.1 Å². The van der Waals surface area contributed by atoms with Crippen LogP contribution in [0.4, 0.5) is 0 Å². The quantitative estimate of drug-likeness (QED) is 0.734. The first-order valence-electron chi connectivity index (χ1n) is 4.95. The first kappa shape index (κ1) is 10.7. The van der Waals surface area contributed by atoms with Gasteiger partial charge in [-0.3, -0.25) is 0 Å². The van der Waals surface area contributed by atoms with E-state index in [0.29, 0.717) is 0 Å². The molecular formula is C11H13ClN2S. The lowest BCUT2D eigenvalue weighted by atomic mass is 10.1. The third-order valence-electron chi connectivity index (χ3n) is 2.29. The average Bonchev–Trinajstić information content (AvgIpc) is 2.86. The van der Waals surface area contributed by atoms with Gasteiger partial charge in [-0.15, -0.1) is 11.6 Å². The Bertz CT molecular complexity index is 369. The molecule has 0 aliphatic carbocycles. The molecule has 2 nitrogen and oxygen atoms in total. The Hall–Kier alpha value is -0.800. The highest BCUT2D eigenvalue weighted by Gasteiger charge is 2.05. The second-order valence-corrected chi connectivity index (χ2v) is 4.92. The summed E-state index contributed by atoms with van der Waals surface area (Å²) in [7, 11) is 0. The van der Waals surface area contributed by atoms with Crippen LogP contribution in [0.5, 0.6) is 0 Å². The molecule has 2 aromatic rings. The molecular weight excluding hydrogens is 228 g/mol. The van der Waals surface area contributed by atoms with Gasteiger partial charge in [-0.2, -0.15) is 11.3 Å². The Morgan fingerprint density at radius 2 is 2.47 bits per heavy atom. The molecule has 0 aliphatic rings. The number of rotatable bonds is 5. The molecule has 0 amide bonds. The summed E-state index contributed by atoms with van der Waals surface area (Å²) in [6.07, 6.45) is 7.60. The molecule has 0 radical (unpaired) electrons. The van der Waals surface area contributed by atoms with E-state index in [1.807, 2.05) is 10.8 Å². The summed E-state index contributed by atoms with van der Waals surface area (Å²) in [6.45, 7) is 0.839. The zero-order valence-corrected chi connectivity index (χ0v) is 9.92. The van der Waals surface area contributed by atoms with E-state index in [-0.39, 0.29) is 5.38 Å². The lowest BCUT2D eigenvalue weighted by Crippen LogP contribution is -2.09. The van der Waals surface area contributed by atoms with Crippen molar-refractivity contribution in [2.75, 3.05) is 0 Å². The predicted octanol–water partition coefficient (Wildman–Crippen LogP) is 3.18. The molecule has 15 heavy (non-hydrogen) atoms. The summed E-state index contributed by atoms with van der Waals surface area (Å²) in [6, 6.07) is 2.16. The summed E-state index contributed by atoms with van der Waals surface area (Å²) in [4.78, 5) is 3.99. The van der Waals surface area contributed by atoms with E-state index in [9.17, 15) is 0 Å². The van der Waals surface area contributed by atoms with Crippen LogP contribution in [0.2, 0.25) is 0 Å². The van der Waals surface area contributed by atoms with Gasteiger partial charge in [0, 0.05) is 18.9 Å². The number of aromatic nitrogens is 2. The summed E-state index contributed by atoms with van der Waals surface area (Å²) in [5.74, 6) is 0. The Morgan fingerprint density at radius 3 is 3.13 bits per heavy atom. The topological polar surface area (TPSA) is 17.8 Å². The van der Waals surface area contributed by atoms with Crippen molar-refractivity contribution in [2.45, 2.75) is 24.8 Å². The highest BCUT2D eigenvalue weighted by Crippen LogP contribution is 2.13. The molecule has 0 aliphatic heterocycles. The van der Waals surface area contributed by atoms with E-state index >= 15 is 0 Å². The molecule has 4 heteroatoms. The van der Waals surface area contributed by atoms with Gasteiger partial charge < -0.3 is 4.57 Å². The summed E-state index contributed by atoms with van der Waals surface area (Å²) >= 11 is 7.98. The monoisotopic (exact) mass is 240 g/mol. The Kier molecular flexibility index (Phi) is 3.80. The van der Waals surface area contributed by atoms with Gasteiger partial charge in [0.25, 0.3) is 0 Å². The van der Waals surface area contributed by atoms with Crippen molar-refractivity contribution >= 4 is 22.9 Å². The largest absolute Gasteiger partial charge is 0.336 e. The van der Waals surface area contributed by atoms with Crippen molar-refractivity contribution in [3.8, 4) is 0 Å². The van der Waals surface area contributed by atoms with Gasteiger partial charge >= 0.3 is 0 Å². The molecule has 0 N–H and O–H groups in total. The smallest absolute Gasteiger partial charge is 0.0946 e. The van der Waals surface area contributed by atoms with E-state index < -0.39 is 0 Å². The number of imidazole rings is 1. The van der Waals surface area contributed by atoms with Gasteiger partial charge in [0.05, 0.1) is 11.7 Å². The maximum Gasteiger partial charge on any atom is 0.0946 e. The summed E-state index contributed by atoms with van der Waals surface area (Å²) in [5.41, 5.74) is 1.39. The van der Waals surface area contributed by atoms with Crippen LogP contribution >= 0.6 is 22.9 Å². The highest BCUT2D eigenvalue weighted by molar-refractivity contribution is 7.07. The highest BCUT2D eigenvalue weighted by atomic mass is 35.5. The predicted molar refractivity (Wildman–Crippen MR) is 64.5 cm³/mol. The Morgan fingerprint density at radius 1 is 1.53 bits per heavy atom. The number of thiophene rings is 1. The van der Waals surface area contributed by atoms with Crippen molar-refractivity contribution in [2.24, 2.45) is 0 Å². The molecule has 1 unspecified atom stereocenters. The van der Waals surface area contributed by atoms with Gasteiger partial charge in [-0.25, -0.2) is 4.98 Å². The second kappa shape index (κ2) is 5.33. The third kappa shape index (κ3) is 3.36. The van der Waals surface area contributed by atoms with Crippen LogP contribution in [0.25, 0.3) is 0 Å². The second-order valence-electron chi connectivity index (χ2n) is 3.53. The molecule has 2 aromatic heterocycles. The number of hydrogen-bond donors (Lipinski definition) is 0. The fraction of sp³-hybridized carbons (Fsp3) is 0.364. The van der Waals surface area contributed by atoms with Crippen molar-refractivity contribution in [1.82, 2.24) is 9.55 Å². The molecule has 80 valence electrons. The Labute approximate surface area is 98.5 Å². The van der Waals surface area contributed by atoms with Gasteiger partial charge in [0.2, 0.25) is 0 Å². The average molecular weight is 241 g/mol. The molecule has 0 fully saturated rings. The standard InChI is InChI=1S/C11H13ClN2S/c12-11(7-14-5-4-13-9-14)2-1-10-3-6-15-8-10/h3-6,8-9,11H,1-2,7H2. The number of hydrogen-bond acceptors (Lipinski definition) is 2. The van der Waals surface area contributed by atoms with Crippen LogP contribution in [0.3, 0.4) is 0 Å². The van der Waals surface area contributed by atoms with Crippen LogP contribution in [0.15, 0.2) is 35.5 Å². The SMILES string of the molecule is ClC(CCc1ccsc1)Cn1ccnc1. The third-order valence-corrected chi connectivity index (χ3v) is 3.38. The molecule has 0 bridgehead atoms. The number of nitrogens with zero attached hydrogens (tertiary/aromatic N) is 2. The minimum absolute atomic E-state index is 0.180. The van der Waals surface area contributed by atoms with Crippen LogP contribution in [0.1, 0.15) is 12.0 Å². The van der Waals surface area contributed by atoms with Crippen molar-refractivity contribution < 1.29 is 0 Å². The summed E-state index contributed by atoms with van der Waals surface area (Å²) < 4.78 is 2.02. The zero-order valence-electron chi connectivity index (χ0n) is 8.34. The van der Waals surface area contributed by atoms with Crippen molar-refractivity contribution in [1.29, 1.82) is 0 Å². The normalized spacial score (nSPS) is 12.9. The van der Waals surface area contributed by atoms with Gasteiger partial charge in [0.1, 0.15) is 0 Å². The van der Waals surface area contributed by atoms with E-state index in [0.717, 1.165) is 19.4 Å². The van der Waals surface area contributed by atoms with Gasteiger partial charge in [-0.05, 0) is 35.2 Å². The number of alkyl halides is 1. The maximum atomic E-state index is 6.24. The van der Waals surface area contributed by atoms with E-state index in [4.69, 9.17) is 11.6 Å². The van der Waals surface area contributed by atoms with Crippen molar-refractivity contribution in [3.63, 3.8) is 0 Å². The molecule has 0 aromatic carbocycles. The van der Waals surface area contributed by atoms with Crippen LogP contribution in [0, 0.1) is 0 Å². The lowest BCUT2D eigenvalue weighted by molar-refractivity contribution is 0.617. The van der Waals surface area contributed by atoms with Gasteiger partial charge in [-0.1, -0.05) is 0 Å². The fourth-order valence-electron chi connectivity index (χ4n) is 1.47. The van der Waals surface area contributed by atoms with Gasteiger partial charge in [0.15, 0.2) is 0 Å². The molecule has 0 saturated carbocycles. The minimum atomic E-state index is 0.180. The maximum absolute atomic E-state index is 6.24. The summed E-state index contributed by atoms with van der Waals surface area (Å²) in [5, 5.41) is 4.47. The van der Waals surface area contributed by atoms with Crippen LogP contribution in [-0.4, -0.2) is 14.9 Å². The van der Waals surface area contributed by atoms with E-state index in [2.05, 4.69) is 21.8 Å². The molecule has 0 saturated heterocycles. The molecule has 2 heterocycles. The molecule has 1 atom stereocenters. The fourth-order valence-corrected chi connectivity index (χ4v) is 2.44. The molecule has 2 rings (SSSR count). The lowest BCUT2D eigenvalue weighted by Gasteiger charge is -2.08. The first-order chi connectivity index (χ1) is 7.34. The van der Waals surface area contributed by atoms with Crippen LogP contribution in [-0.2, 0) is 13.0 Å². The minimum Gasteiger partial charge on any atom is -0.336 e. The number of aryl methyl sites for hydroxylation is 1. The Balaban J connectivity index is 1.76. The van der Waals surface area contributed by atoms with E-state index in [1.54, 1.807) is 23.9 Å². The first-order valence-corrected chi connectivity index (χ1v) is 6.33. The zero-order chi connectivity index (χ0) is 10.5.